The second kappa shape index (κ2) is 6.13. The highest BCUT2D eigenvalue weighted by Gasteiger charge is 2.26. The van der Waals surface area contributed by atoms with Gasteiger partial charge in [-0.25, -0.2) is 9.97 Å². The van der Waals surface area contributed by atoms with E-state index in [9.17, 15) is 4.79 Å². The van der Waals surface area contributed by atoms with Gasteiger partial charge >= 0.3 is 5.91 Å². The summed E-state index contributed by atoms with van der Waals surface area (Å²) in [4.78, 5) is 22.2. The quantitative estimate of drug-likeness (QED) is 0.732. The Balaban J connectivity index is 1.88. The van der Waals surface area contributed by atoms with Gasteiger partial charge in [-0.2, -0.15) is 0 Å². The zero-order valence-electron chi connectivity index (χ0n) is 13.3. The molecule has 0 bridgehead atoms. The van der Waals surface area contributed by atoms with Crippen LogP contribution in [-0.2, 0) is 4.79 Å². The molecule has 0 atom stereocenters. The molecule has 2 heterocycles. The molecule has 1 aromatic heterocycles. The maximum Gasteiger partial charge on any atom is 0.302 e. The smallest absolute Gasteiger partial charge is 0.302 e. The van der Waals surface area contributed by atoms with Crippen molar-refractivity contribution in [2.45, 2.75) is 0 Å². The van der Waals surface area contributed by atoms with Crippen LogP contribution < -0.4 is 15.0 Å². The van der Waals surface area contributed by atoms with Gasteiger partial charge in [0.05, 0.1) is 23.1 Å². The van der Waals surface area contributed by atoms with E-state index in [1.54, 1.807) is 6.07 Å². The molecule has 0 saturated heterocycles. The number of hydrogen-bond acceptors (Lipinski definition) is 5. The molecule has 4 rings (SSSR count). The molecule has 0 radical (unpaired) electrons. The first-order chi connectivity index (χ1) is 12.3. The van der Waals surface area contributed by atoms with Crippen molar-refractivity contribution in [2.75, 3.05) is 23.4 Å². The summed E-state index contributed by atoms with van der Waals surface area (Å²) < 4.78 is 5.86. The molecule has 6 nitrogen and oxygen atoms in total. The Hall–Kier alpha value is -3.59. The number of terminal acetylenes is 1. The third-order valence-electron chi connectivity index (χ3n) is 3.99. The molecule has 2 aromatic carbocycles. The number of nitrogens with one attached hydrogen (secondary N) is 1. The van der Waals surface area contributed by atoms with E-state index in [0.717, 1.165) is 16.6 Å². The summed E-state index contributed by atoms with van der Waals surface area (Å²) in [5, 5.41) is 4.00. The van der Waals surface area contributed by atoms with E-state index in [-0.39, 0.29) is 0 Å². The van der Waals surface area contributed by atoms with Crippen molar-refractivity contribution in [3.05, 3.63) is 48.8 Å². The monoisotopic (exact) mass is 330 g/mol. The number of para-hydroxylation sites is 1. The highest BCUT2D eigenvalue weighted by molar-refractivity contribution is 6.10. The standard InChI is InChI=1S/C19H14N4O2/c1-2-16(24)23-10-11-25-18-15(23)9-8-14-17(18)19(21-12-20-14)22-13-6-4-3-5-7-13/h1,3-9,12H,10-11H2,(H,20,21,22). The molecule has 1 amide bonds. The van der Waals surface area contributed by atoms with Crippen LogP contribution in [0.1, 0.15) is 0 Å². The van der Waals surface area contributed by atoms with Crippen molar-refractivity contribution in [1.82, 2.24) is 9.97 Å². The Morgan fingerprint density at radius 3 is 2.84 bits per heavy atom. The van der Waals surface area contributed by atoms with Crippen LogP contribution in [0.3, 0.4) is 0 Å². The van der Waals surface area contributed by atoms with Gasteiger partial charge in [0.15, 0.2) is 5.75 Å². The van der Waals surface area contributed by atoms with Crippen molar-refractivity contribution in [3.8, 4) is 18.1 Å². The summed E-state index contributed by atoms with van der Waals surface area (Å²) in [5.41, 5.74) is 2.25. The van der Waals surface area contributed by atoms with Crippen molar-refractivity contribution in [1.29, 1.82) is 0 Å². The number of carbonyl (C=O) groups is 1. The molecule has 1 aliphatic heterocycles. The van der Waals surface area contributed by atoms with Gasteiger partial charge in [-0.3, -0.25) is 9.69 Å². The van der Waals surface area contributed by atoms with Gasteiger partial charge in [-0.05, 0) is 30.2 Å². The minimum atomic E-state index is -0.390. The fraction of sp³-hybridized carbons (Fsp3) is 0.105. The zero-order chi connectivity index (χ0) is 17.2. The number of amides is 1. The summed E-state index contributed by atoms with van der Waals surface area (Å²) in [6.45, 7) is 0.774. The number of ether oxygens (including phenoxy) is 1. The Labute approximate surface area is 144 Å². The lowest BCUT2D eigenvalue weighted by molar-refractivity contribution is -0.113. The molecule has 0 saturated carbocycles. The third-order valence-corrected chi connectivity index (χ3v) is 3.99. The molecule has 0 unspecified atom stereocenters. The Bertz CT molecular complexity index is 995. The SMILES string of the molecule is C#CC(=O)N1CCOc2c1ccc1ncnc(Nc3ccccc3)c21. The topological polar surface area (TPSA) is 67.4 Å². The Morgan fingerprint density at radius 2 is 2.04 bits per heavy atom. The van der Waals surface area contributed by atoms with Crippen molar-refractivity contribution < 1.29 is 9.53 Å². The summed E-state index contributed by atoms with van der Waals surface area (Å²) in [5.74, 6) is 2.95. The maximum absolute atomic E-state index is 12.0. The average molecular weight is 330 g/mol. The summed E-state index contributed by atoms with van der Waals surface area (Å²) in [6, 6.07) is 13.3. The molecule has 25 heavy (non-hydrogen) atoms. The first-order valence-electron chi connectivity index (χ1n) is 7.78. The Kier molecular flexibility index (Phi) is 3.67. The lowest BCUT2D eigenvalue weighted by Crippen LogP contribution is -2.37. The Morgan fingerprint density at radius 1 is 1.20 bits per heavy atom. The van der Waals surface area contributed by atoms with Gasteiger partial charge < -0.3 is 10.1 Å². The van der Waals surface area contributed by atoms with Crippen LogP contribution in [0.2, 0.25) is 0 Å². The normalized spacial score (nSPS) is 12.8. The molecule has 0 aliphatic carbocycles. The number of anilines is 3. The molecule has 6 heteroatoms. The number of fused-ring (bicyclic) bond motifs is 3. The molecule has 1 aliphatic rings. The van der Waals surface area contributed by atoms with Crippen LogP contribution in [0.15, 0.2) is 48.8 Å². The first kappa shape index (κ1) is 15.0. The molecule has 3 aromatic rings. The molecular formula is C19H14N4O2. The number of nitrogens with zero attached hydrogens (tertiary/aromatic N) is 3. The molecule has 1 N–H and O–H groups in total. The van der Waals surface area contributed by atoms with Crippen molar-refractivity contribution >= 4 is 34.0 Å². The van der Waals surface area contributed by atoms with E-state index < -0.39 is 5.91 Å². The lowest BCUT2D eigenvalue weighted by atomic mass is 10.1. The maximum atomic E-state index is 12.0. The van der Waals surface area contributed by atoms with Crippen molar-refractivity contribution in [2.24, 2.45) is 0 Å². The van der Waals surface area contributed by atoms with Gasteiger partial charge in [0.2, 0.25) is 0 Å². The van der Waals surface area contributed by atoms with Crippen LogP contribution in [0.5, 0.6) is 5.75 Å². The number of rotatable bonds is 2. The van der Waals surface area contributed by atoms with E-state index in [4.69, 9.17) is 11.2 Å². The minimum absolute atomic E-state index is 0.360. The zero-order valence-corrected chi connectivity index (χ0v) is 13.3. The van der Waals surface area contributed by atoms with E-state index in [0.29, 0.717) is 30.4 Å². The van der Waals surface area contributed by atoms with Crippen molar-refractivity contribution in [3.63, 3.8) is 0 Å². The van der Waals surface area contributed by atoms with Crippen LogP contribution >= 0.6 is 0 Å². The first-order valence-corrected chi connectivity index (χ1v) is 7.78. The van der Waals surface area contributed by atoms with E-state index in [2.05, 4.69) is 21.2 Å². The summed E-state index contributed by atoms with van der Waals surface area (Å²) >= 11 is 0. The molecule has 122 valence electrons. The van der Waals surface area contributed by atoms with Crippen LogP contribution in [0, 0.1) is 12.3 Å². The largest absolute Gasteiger partial charge is 0.489 e. The van der Waals surface area contributed by atoms with Crippen LogP contribution in [0.4, 0.5) is 17.2 Å². The van der Waals surface area contributed by atoms with Crippen LogP contribution in [0.25, 0.3) is 10.9 Å². The van der Waals surface area contributed by atoms with Crippen LogP contribution in [-0.4, -0.2) is 29.0 Å². The van der Waals surface area contributed by atoms with Gasteiger partial charge in [0.25, 0.3) is 0 Å². The number of carbonyl (C=O) groups excluding carboxylic acids is 1. The molecule has 0 fully saturated rings. The number of benzene rings is 2. The average Bonchev–Trinajstić information content (AvgIpc) is 2.67. The van der Waals surface area contributed by atoms with E-state index >= 15 is 0 Å². The highest BCUT2D eigenvalue weighted by atomic mass is 16.5. The fourth-order valence-electron chi connectivity index (χ4n) is 2.87. The number of aromatic nitrogens is 2. The lowest BCUT2D eigenvalue weighted by Gasteiger charge is -2.29. The highest BCUT2D eigenvalue weighted by Crippen LogP contribution is 2.41. The number of hydrogen-bond donors (Lipinski definition) is 1. The van der Waals surface area contributed by atoms with Gasteiger partial charge in [-0.1, -0.05) is 18.2 Å². The minimum Gasteiger partial charge on any atom is -0.489 e. The predicted molar refractivity (Wildman–Crippen MR) is 95.9 cm³/mol. The second-order valence-corrected chi connectivity index (χ2v) is 5.47. The third kappa shape index (κ3) is 2.62. The second-order valence-electron chi connectivity index (χ2n) is 5.47. The van der Waals surface area contributed by atoms with E-state index in [1.165, 1.54) is 11.2 Å². The summed E-state index contributed by atoms with van der Waals surface area (Å²) in [6.07, 6.45) is 6.78. The van der Waals surface area contributed by atoms with E-state index in [1.807, 2.05) is 36.4 Å². The van der Waals surface area contributed by atoms with Gasteiger partial charge in [-0.15, -0.1) is 6.42 Å². The van der Waals surface area contributed by atoms with Gasteiger partial charge in [0, 0.05) is 5.69 Å². The fourth-order valence-corrected chi connectivity index (χ4v) is 2.87. The predicted octanol–water partition coefficient (Wildman–Crippen LogP) is 2.73. The molecule has 0 spiro atoms. The molecular weight excluding hydrogens is 316 g/mol. The van der Waals surface area contributed by atoms with Gasteiger partial charge in [0.1, 0.15) is 18.8 Å². The summed E-state index contributed by atoms with van der Waals surface area (Å²) in [7, 11) is 0.